The number of hydrogen-bond donors (Lipinski definition) is 0. The number of hydrogen-bond acceptors (Lipinski definition) is 2. The van der Waals surface area contributed by atoms with Crippen LogP contribution in [0.15, 0.2) is 24.3 Å². The van der Waals surface area contributed by atoms with E-state index in [1.165, 1.54) is 37.7 Å². The van der Waals surface area contributed by atoms with Crippen molar-refractivity contribution in [3.05, 3.63) is 52.6 Å². The maximum atomic E-state index is 12.6. The van der Waals surface area contributed by atoms with Crippen molar-refractivity contribution in [3.8, 4) is 11.1 Å². The van der Waals surface area contributed by atoms with E-state index in [1.54, 1.807) is 6.92 Å². The van der Waals surface area contributed by atoms with Crippen molar-refractivity contribution in [1.82, 2.24) is 4.57 Å². The summed E-state index contributed by atoms with van der Waals surface area (Å²) in [5.41, 5.74) is 4.87. The lowest BCUT2D eigenvalue weighted by Crippen LogP contribution is -2.12. The smallest absolute Gasteiger partial charge is 0.354 e. The van der Waals surface area contributed by atoms with Crippen LogP contribution in [0.1, 0.15) is 67.7 Å². The van der Waals surface area contributed by atoms with Gasteiger partial charge in [-0.3, -0.25) is 0 Å². The van der Waals surface area contributed by atoms with E-state index < -0.39 is 0 Å². The second kappa shape index (κ2) is 9.10. The van der Waals surface area contributed by atoms with Crippen LogP contribution < -0.4 is 0 Å². The minimum atomic E-state index is -0.365. The van der Waals surface area contributed by atoms with Crippen molar-refractivity contribution >= 4 is 11.7 Å². The molecule has 0 aliphatic heterocycles. The van der Waals surface area contributed by atoms with E-state index in [0.29, 0.717) is 30.0 Å². The highest BCUT2D eigenvalue weighted by atomic mass is 16.5. The van der Waals surface area contributed by atoms with Crippen LogP contribution in [0, 0.1) is 12.5 Å². The fourth-order valence-corrected chi connectivity index (χ4v) is 4.49. The molecule has 0 unspecified atom stereocenters. The van der Waals surface area contributed by atoms with Gasteiger partial charge in [-0.1, -0.05) is 63.3 Å². The highest BCUT2D eigenvalue weighted by Crippen LogP contribution is 2.40. The molecule has 1 saturated carbocycles. The standard InChI is InChI=1S/C24H30N2O2/c1-5-20-22(25-3)21(23(26(20)4)24(27)28-6-2)19-14-12-18(13-15-19)16-17-10-8-7-9-11-17/h12-15,17H,5-11,16H2,1-2,4H3. The quantitative estimate of drug-likeness (QED) is 0.449. The van der Waals surface area contributed by atoms with Crippen LogP contribution in [0.3, 0.4) is 0 Å². The monoisotopic (exact) mass is 378 g/mol. The predicted molar refractivity (Wildman–Crippen MR) is 113 cm³/mol. The Balaban J connectivity index is 1.97. The Morgan fingerprint density at radius 1 is 1.18 bits per heavy atom. The van der Waals surface area contributed by atoms with E-state index in [0.717, 1.165) is 23.6 Å². The zero-order valence-corrected chi connectivity index (χ0v) is 17.3. The number of carbonyl (C=O) groups is 1. The number of benzene rings is 1. The fourth-order valence-electron chi connectivity index (χ4n) is 4.49. The van der Waals surface area contributed by atoms with Crippen molar-refractivity contribution in [2.45, 2.75) is 58.8 Å². The molecule has 1 aliphatic carbocycles. The van der Waals surface area contributed by atoms with Crippen molar-refractivity contribution in [2.24, 2.45) is 13.0 Å². The van der Waals surface area contributed by atoms with E-state index >= 15 is 0 Å². The van der Waals surface area contributed by atoms with Crippen LogP contribution in [-0.4, -0.2) is 17.1 Å². The lowest BCUT2D eigenvalue weighted by Gasteiger charge is -2.21. The first-order valence-electron chi connectivity index (χ1n) is 10.5. The molecule has 1 aromatic heterocycles. The number of aromatic nitrogens is 1. The van der Waals surface area contributed by atoms with Gasteiger partial charge in [0.25, 0.3) is 0 Å². The third kappa shape index (κ3) is 3.99. The molecule has 4 nitrogen and oxygen atoms in total. The van der Waals surface area contributed by atoms with Gasteiger partial charge in [-0.15, -0.1) is 0 Å². The summed E-state index contributed by atoms with van der Waals surface area (Å²) in [5.74, 6) is 0.424. The number of rotatable bonds is 6. The normalized spacial score (nSPS) is 14.6. The average molecular weight is 379 g/mol. The van der Waals surface area contributed by atoms with Crippen LogP contribution in [0.5, 0.6) is 0 Å². The number of ether oxygens (including phenoxy) is 1. The third-order valence-corrected chi connectivity index (χ3v) is 5.89. The van der Waals surface area contributed by atoms with Crippen molar-refractivity contribution in [1.29, 1.82) is 0 Å². The van der Waals surface area contributed by atoms with E-state index in [4.69, 9.17) is 11.3 Å². The molecule has 4 heteroatoms. The molecule has 3 rings (SSSR count). The molecule has 1 fully saturated rings. The molecule has 28 heavy (non-hydrogen) atoms. The van der Waals surface area contributed by atoms with E-state index in [1.807, 2.05) is 18.5 Å². The molecular formula is C24H30N2O2. The summed E-state index contributed by atoms with van der Waals surface area (Å²) < 4.78 is 7.12. The fraction of sp³-hybridized carbons (Fsp3) is 0.500. The number of esters is 1. The van der Waals surface area contributed by atoms with E-state index in [-0.39, 0.29) is 5.97 Å². The van der Waals surface area contributed by atoms with Gasteiger partial charge >= 0.3 is 5.97 Å². The van der Waals surface area contributed by atoms with Gasteiger partial charge in [0.05, 0.1) is 13.2 Å². The highest BCUT2D eigenvalue weighted by Gasteiger charge is 2.26. The van der Waals surface area contributed by atoms with Gasteiger partial charge in [0, 0.05) is 18.3 Å². The van der Waals surface area contributed by atoms with Gasteiger partial charge < -0.3 is 9.30 Å². The molecule has 0 spiro atoms. The van der Waals surface area contributed by atoms with Crippen molar-refractivity contribution < 1.29 is 9.53 Å². The molecule has 2 aromatic rings. The highest BCUT2D eigenvalue weighted by molar-refractivity contribution is 6.01. The second-order valence-corrected chi connectivity index (χ2v) is 7.67. The van der Waals surface area contributed by atoms with E-state index in [2.05, 4.69) is 29.1 Å². The molecule has 1 heterocycles. The molecule has 0 amide bonds. The van der Waals surface area contributed by atoms with E-state index in [9.17, 15) is 4.79 Å². The van der Waals surface area contributed by atoms with Crippen LogP contribution in [0.25, 0.3) is 16.0 Å². The zero-order valence-electron chi connectivity index (χ0n) is 17.3. The molecule has 0 atom stereocenters. The maximum Gasteiger partial charge on any atom is 0.354 e. The Kier molecular flexibility index (Phi) is 6.57. The van der Waals surface area contributed by atoms with Gasteiger partial charge in [-0.05, 0) is 36.8 Å². The molecule has 0 saturated heterocycles. The lowest BCUT2D eigenvalue weighted by atomic mass is 9.84. The lowest BCUT2D eigenvalue weighted by molar-refractivity contribution is 0.0516. The Hall–Kier alpha value is -2.54. The second-order valence-electron chi connectivity index (χ2n) is 7.67. The molecule has 148 valence electrons. The summed E-state index contributed by atoms with van der Waals surface area (Å²) in [7, 11) is 1.85. The SMILES string of the molecule is [C-]#[N+]c1c(-c2ccc(CC3CCCCC3)cc2)c(C(=O)OCC)n(C)c1CC. The Labute approximate surface area is 168 Å². The molecular weight excluding hydrogens is 348 g/mol. The largest absolute Gasteiger partial charge is 0.461 e. The van der Waals surface area contributed by atoms with Gasteiger partial charge in [-0.25, -0.2) is 9.64 Å². The van der Waals surface area contributed by atoms with Crippen LogP contribution >= 0.6 is 0 Å². The minimum absolute atomic E-state index is 0.318. The first-order valence-corrected chi connectivity index (χ1v) is 10.5. The first-order chi connectivity index (χ1) is 13.6. The Bertz CT molecular complexity index is 865. The summed E-state index contributed by atoms with van der Waals surface area (Å²) in [5, 5.41) is 0. The van der Waals surface area contributed by atoms with Gasteiger partial charge in [0.2, 0.25) is 5.69 Å². The Morgan fingerprint density at radius 3 is 2.43 bits per heavy atom. The zero-order chi connectivity index (χ0) is 20.1. The first kappa shape index (κ1) is 20.2. The number of nitrogens with zero attached hydrogens (tertiary/aromatic N) is 2. The maximum absolute atomic E-state index is 12.6. The molecule has 1 aromatic carbocycles. The molecule has 0 bridgehead atoms. The average Bonchev–Trinajstić information content (AvgIpc) is 3.01. The summed E-state index contributed by atoms with van der Waals surface area (Å²) in [6.45, 7) is 11.8. The molecule has 0 radical (unpaired) electrons. The number of carbonyl (C=O) groups excluding carboxylic acids is 1. The van der Waals surface area contributed by atoms with Crippen molar-refractivity contribution in [2.75, 3.05) is 6.61 Å². The van der Waals surface area contributed by atoms with Gasteiger partial charge in [0.1, 0.15) is 5.69 Å². The Morgan fingerprint density at radius 2 is 1.86 bits per heavy atom. The topological polar surface area (TPSA) is 35.6 Å². The molecule has 0 N–H and O–H groups in total. The summed E-state index contributed by atoms with van der Waals surface area (Å²) >= 11 is 0. The summed E-state index contributed by atoms with van der Waals surface area (Å²) in [6.07, 6.45) is 8.55. The summed E-state index contributed by atoms with van der Waals surface area (Å²) in [6, 6.07) is 8.44. The van der Waals surface area contributed by atoms with Gasteiger partial charge in [0.15, 0.2) is 0 Å². The van der Waals surface area contributed by atoms with Crippen molar-refractivity contribution in [3.63, 3.8) is 0 Å². The van der Waals surface area contributed by atoms with Gasteiger partial charge in [-0.2, -0.15) is 0 Å². The van der Waals surface area contributed by atoms with Crippen LogP contribution in [0.2, 0.25) is 0 Å². The summed E-state index contributed by atoms with van der Waals surface area (Å²) in [4.78, 5) is 16.4. The minimum Gasteiger partial charge on any atom is -0.461 e. The van der Waals surface area contributed by atoms with Crippen LogP contribution in [-0.2, 0) is 24.6 Å². The predicted octanol–water partition coefficient (Wildman–Crippen LogP) is 6.10. The molecule has 1 aliphatic rings. The van der Waals surface area contributed by atoms with Crippen LogP contribution in [0.4, 0.5) is 5.69 Å². The third-order valence-electron chi connectivity index (χ3n) is 5.89.